The Balaban J connectivity index is 1.42. The van der Waals surface area contributed by atoms with Gasteiger partial charge in [-0.15, -0.1) is 0 Å². The molecule has 6 nitrogen and oxygen atoms in total. The van der Waals surface area contributed by atoms with Crippen LogP contribution >= 0.6 is 0 Å². The van der Waals surface area contributed by atoms with Crippen LogP contribution in [-0.2, 0) is 29.5 Å². The van der Waals surface area contributed by atoms with E-state index in [4.69, 9.17) is 4.74 Å². The highest BCUT2D eigenvalue weighted by Gasteiger charge is 2.23. The lowest BCUT2D eigenvalue weighted by atomic mass is 9.96. The van der Waals surface area contributed by atoms with Crippen molar-refractivity contribution in [3.05, 3.63) is 57.9 Å². The number of hydrogen-bond acceptors (Lipinski definition) is 4. The van der Waals surface area contributed by atoms with E-state index in [-0.39, 0.29) is 11.9 Å². The molecule has 1 amide bonds. The van der Waals surface area contributed by atoms with Crippen LogP contribution in [0.1, 0.15) is 64.6 Å². The van der Waals surface area contributed by atoms with Crippen molar-refractivity contribution in [2.24, 2.45) is 13.0 Å². The van der Waals surface area contributed by atoms with Crippen molar-refractivity contribution in [3.8, 4) is 0 Å². The van der Waals surface area contributed by atoms with Gasteiger partial charge < -0.3 is 14.6 Å². The highest BCUT2D eigenvalue weighted by atomic mass is 16.5. The number of nitrogens with one attached hydrogen (secondary N) is 1. The largest absolute Gasteiger partial charge is 0.461 e. The van der Waals surface area contributed by atoms with Gasteiger partial charge in [-0.05, 0) is 82.7 Å². The summed E-state index contributed by atoms with van der Waals surface area (Å²) in [6, 6.07) is 8.78. The van der Waals surface area contributed by atoms with Crippen molar-refractivity contribution in [2.45, 2.75) is 59.9 Å². The van der Waals surface area contributed by atoms with E-state index in [0.717, 1.165) is 55.8 Å². The highest BCUT2D eigenvalue weighted by molar-refractivity contribution is 5.90. The lowest BCUT2D eigenvalue weighted by molar-refractivity contribution is -0.121. The molecule has 1 N–H and O–H groups in total. The predicted octanol–water partition coefficient (Wildman–Crippen LogP) is 4.09. The summed E-state index contributed by atoms with van der Waals surface area (Å²) in [5.41, 5.74) is 6.25. The van der Waals surface area contributed by atoms with E-state index in [1.165, 1.54) is 11.1 Å². The minimum Gasteiger partial charge on any atom is -0.461 e. The molecule has 2 aromatic rings. The fourth-order valence-corrected chi connectivity index (χ4v) is 4.78. The summed E-state index contributed by atoms with van der Waals surface area (Å²) in [6.07, 6.45) is 3.30. The Morgan fingerprint density at radius 3 is 2.39 bits per heavy atom. The Morgan fingerprint density at radius 1 is 1.09 bits per heavy atom. The van der Waals surface area contributed by atoms with Crippen molar-refractivity contribution < 1.29 is 14.3 Å². The standard InChI is InChI=1S/C27H39N3O3/c1-6-33-27(32)26-20(3)24(21(4)29(26)5)11-12-25(31)28-17-22-13-15-30(16-14-22)18-23-9-7-19(2)8-10-23/h7-10,22H,6,11-18H2,1-5H3,(H,28,31). The average Bonchev–Trinajstić information content (AvgIpc) is 3.01. The Kier molecular flexibility index (Phi) is 8.73. The topological polar surface area (TPSA) is 63.6 Å². The van der Waals surface area contributed by atoms with Crippen LogP contribution in [0.2, 0.25) is 0 Å². The summed E-state index contributed by atoms with van der Waals surface area (Å²) >= 11 is 0. The quantitative estimate of drug-likeness (QED) is 0.581. The summed E-state index contributed by atoms with van der Waals surface area (Å²) < 4.78 is 7.07. The first-order valence-corrected chi connectivity index (χ1v) is 12.2. The van der Waals surface area contributed by atoms with Gasteiger partial charge in [0, 0.05) is 32.3 Å². The number of ether oxygens (including phenoxy) is 1. The Labute approximate surface area is 198 Å². The number of rotatable bonds is 9. The van der Waals surface area contributed by atoms with E-state index in [9.17, 15) is 9.59 Å². The van der Waals surface area contributed by atoms with Crippen LogP contribution in [0, 0.1) is 26.7 Å². The summed E-state index contributed by atoms with van der Waals surface area (Å²) in [5, 5.41) is 3.14. The Bertz CT molecular complexity index is 954. The number of piperidine rings is 1. The molecule has 1 fully saturated rings. The Hall–Kier alpha value is -2.60. The normalized spacial score (nSPS) is 14.9. The number of aromatic nitrogens is 1. The van der Waals surface area contributed by atoms with Crippen LogP contribution in [0.4, 0.5) is 0 Å². The fraction of sp³-hybridized carbons (Fsp3) is 0.556. The van der Waals surface area contributed by atoms with Gasteiger partial charge in [-0.1, -0.05) is 29.8 Å². The second-order valence-electron chi connectivity index (χ2n) is 9.33. The number of benzene rings is 1. The van der Waals surface area contributed by atoms with Crippen molar-refractivity contribution in [3.63, 3.8) is 0 Å². The summed E-state index contributed by atoms with van der Waals surface area (Å²) in [6.45, 7) is 12.1. The molecule has 1 saturated heterocycles. The number of amides is 1. The molecular weight excluding hydrogens is 414 g/mol. The number of aryl methyl sites for hydroxylation is 1. The van der Waals surface area contributed by atoms with Gasteiger partial charge in [0.15, 0.2) is 0 Å². The number of nitrogens with zero attached hydrogens (tertiary/aromatic N) is 2. The van der Waals surface area contributed by atoms with Crippen LogP contribution in [0.15, 0.2) is 24.3 Å². The van der Waals surface area contributed by atoms with Crippen molar-refractivity contribution in [1.82, 2.24) is 14.8 Å². The second kappa shape index (κ2) is 11.5. The van der Waals surface area contributed by atoms with E-state index in [1.54, 1.807) is 0 Å². The molecule has 2 heterocycles. The minimum absolute atomic E-state index is 0.0809. The SMILES string of the molecule is CCOC(=O)c1c(C)c(CCC(=O)NCC2CCN(Cc3ccc(C)cc3)CC2)c(C)n1C. The maximum absolute atomic E-state index is 12.5. The monoisotopic (exact) mass is 453 g/mol. The van der Waals surface area contributed by atoms with Crippen LogP contribution in [0.5, 0.6) is 0 Å². The first-order chi connectivity index (χ1) is 15.8. The smallest absolute Gasteiger partial charge is 0.355 e. The van der Waals surface area contributed by atoms with E-state index >= 15 is 0 Å². The molecule has 6 heteroatoms. The van der Waals surface area contributed by atoms with Crippen molar-refractivity contribution in [2.75, 3.05) is 26.2 Å². The van der Waals surface area contributed by atoms with Gasteiger partial charge in [0.1, 0.15) is 5.69 Å². The minimum atomic E-state index is -0.301. The molecule has 1 aromatic heterocycles. The van der Waals surface area contributed by atoms with Crippen molar-refractivity contribution >= 4 is 11.9 Å². The molecule has 1 aromatic carbocycles. The maximum atomic E-state index is 12.5. The first-order valence-electron chi connectivity index (χ1n) is 12.2. The molecule has 0 saturated carbocycles. The van der Waals surface area contributed by atoms with Crippen LogP contribution in [0.25, 0.3) is 0 Å². The summed E-state index contributed by atoms with van der Waals surface area (Å²) in [4.78, 5) is 27.3. The summed E-state index contributed by atoms with van der Waals surface area (Å²) in [7, 11) is 1.88. The highest BCUT2D eigenvalue weighted by Crippen LogP contribution is 2.23. The molecule has 0 aliphatic carbocycles. The van der Waals surface area contributed by atoms with Gasteiger partial charge >= 0.3 is 5.97 Å². The maximum Gasteiger partial charge on any atom is 0.355 e. The van der Waals surface area contributed by atoms with Gasteiger partial charge in [-0.2, -0.15) is 0 Å². The molecule has 0 spiro atoms. The molecule has 0 bridgehead atoms. The first kappa shape index (κ1) is 25.0. The number of hydrogen-bond donors (Lipinski definition) is 1. The molecule has 1 aliphatic heterocycles. The predicted molar refractivity (Wildman–Crippen MR) is 131 cm³/mol. The van der Waals surface area contributed by atoms with Gasteiger partial charge in [0.2, 0.25) is 5.91 Å². The fourth-order valence-electron chi connectivity index (χ4n) is 4.78. The van der Waals surface area contributed by atoms with Crippen molar-refractivity contribution in [1.29, 1.82) is 0 Å². The van der Waals surface area contributed by atoms with E-state index in [2.05, 4.69) is 41.4 Å². The number of esters is 1. The molecule has 0 atom stereocenters. The lowest BCUT2D eigenvalue weighted by Gasteiger charge is -2.32. The van der Waals surface area contributed by atoms with Crippen LogP contribution < -0.4 is 5.32 Å². The molecule has 3 rings (SSSR count). The number of likely N-dealkylation sites (tertiary alicyclic amines) is 1. The number of carbonyl (C=O) groups is 2. The molecule has 180 valence electrons. The van der Waals surface area contributed by atoms with Crippen LogP contribution in [-0.4, -0.2) is 47.6 Å². The van der Waals surface area contributed by atoms with Crippen LogP contribution in [0.3, 0.4) is 0 Å². The van der Waals surface area contributed by atoms with Gasteiger partial charge in [0.05, 0.1) is 6.61 Å². The van der Waals surface area contributed by atoms with Gasteiger partial charge in [0.25, 0.3) is 0 Å². The zero-order valence-corrected chi connectivity index (χ0v) is 20.9. The average molecular weight is 454 g/mol. The van der Waals surface area contributed by atoms with Gasteiger partial charge in [-0.3, -0.25) is 9.69 Å². The summed E-state index contributed by atoms with van der Waals surface area (Å²) in [5.74, 6) is 0.321. The zero-order chi connectivity index (χ0) is 24.0. The lowest BCUT2D eigenvalue weighted by Crippen LogP contribution is -2.38. The Morgan fingerprint density at radius 2 is 1.76 bits per heavy atom. The molecule has 1 aliphatic rings. The molecule has 0 radical (unpaired) electrons. The van der Waals surface area contributed by atoms with E-state index in [1.807, 2.05) is 32.4 Å². The zero-order valence-electron chi connectivity index (χ0n) is 20.9. The number of carbonyl (C=O) groups excluding carboxylic acids is 2. The third kappa shape index (κ3) is 6.47. The third-order valence-electron chi connectivity index (χ3n) is 6.98. The molecule has 33 heavy (non-hydrogen) atoms. The van der Waals surface area contributed by atoms with E-state index in [0.29, 0.717) is 31.1 Å². The second-order valence-corrected chi connectivity index (χ2v) is 9.33. The molecule has 0 unspecified atom stereocenters. The molecular formula is C27H39N3O3. The van der Waals surface area contributed by atoms with E-state index < -0.39 is 0 Å². The van der Waals surface area contributed by atoms with Gasteiger partial charge in [-0.25, -0.2) is 4.79 Å². The third-order valence-corrected chi connectivity index (χ3v) is 6.98.